The molecule has 0 amide bonds. The molecule has 1 aromatic carbocycles. The van der Waals surface area contributed by atoms with Gasteiger partial charge in [0.05, 0.1) is 0 Å². The van der Waals surface area contributed by atoms with E-state index in [2.05, 4.69) is 6.92 Å². The number of ether oxygens (including phenoxy) is 1. The van der Waals surface area contributed by atoms with Crippen molar-refractivity contribution in [3.05, 3.63) is 24.3 Å². The number of aromatic hydroxyl groups is 1. The summed E-state index contributed by atoms with van der Waals surface area (Å²) < 4.78 is 11.2. The smallest absolute Gasteiger partial charge is 0.207 e. The van der Waals surface area contributed by atoms with Crippen LogP contribution in [0.4, 0.5) is 0 Å². The maximum Gasteiger partial charge on any atom is 0.207 e. The van der Waals surface area contributed by atoms with Gasteiger partial charge in [0.15, 0.2) is 0 Å². The minimum absolute atomic E-state index is 0.314. The van der Waals surface area contributed by atoms with E-state index in [0.717, 1.165) is 32.3 Å². The average Bonchev–Trinajstić information content (AvgIpc) is 2.35. The lowest BCUT2D eigenvalue weighted by atomic mass is 10.3. The molecule has 0 saturated carbocycles. The lowest BCUT2D eigenvalue weighted by Gasteiger charge is -2.15. The van der Waals surface area contributed by atoms with Crippen molar-refractivity contribution in [3.63, 3.8) is 0 Å². The topological polar surface area (TPSA) is 38.7 Å². The summed E-state index contributed by atoms with van der Waals surface area (Å²) in [7, 11) is -1.31. The van der Waals surface area contributed by atoms with Gasteiger partial charge < -0.3 is 14.3 Å². The molecule has 1 rings (SSSR count). The van der Waals surface area contributed by atoms with E-state index < -0.39 is 9.04 Å². The van der Waals surface area contributed by atoms with Gasteiger partial charge in [-0.05, 0) is 36.7 Å². The van der Waals surface area contributed by atoms with Crippen LogP contribution >= 0.6 is 0 Å². The molecular weight excluding hydrogens is 232 g/mol. The van der Waals surface area contributed by atoms with Crippen LogP contribution in [-0.2, 0) is 9.16 Å². The fourth-order valence-electron chi connectivity index (χ4n) is 1.67. The number of phenols is 1. The Morgan fingerprint density at radius 1 is 1.12 bits per heavy atom. The Morgan fingerprint density at radius 2 is 1.82 bits per heavy atom. The van der Waals surface area contributed by atoms with E-state index in [0.29, 0.717) is 5.75 Å². The van der Waals surface area contributed by atoms with Gasteiger partial charge in [-0.3, -0.25) is 0 Å². The van der Waals surface area contributed by atoms with E-state index in [-0.39, 0.29) is 0 Å². The van der Waals surface area contributed by atoms with Crippen LogP contribution in [0.5, 0.6) is 5.75 Å². The quantitative estimate of drug-likeness (QED) is 0.568. The normalized spacial score (nSPS) is 12.6. The second-order valence-corrected chi connectivity index (χ2v) is 6.70. The number of phenolic OH excluding ortho intramolecular Hbond substituents is 1. The van der Waals surface area contributed by atoms with Gasteiger partial charge in [0, 0.05) is 19.8 Å². The molecule has 0 aromatic heterocycles. The third-order valence-electron chi connectivity index (χ3n) is 2.59. The van der Waals surface area contributed by atoms with E-state index in [4.69, 9.17) is 9.16 Å². The maximum atomic E-state index is 9.24. The highest BCUT2D eigenvalue weighted by molar-refractivity contribution is 6.67. The summed E-state index contributed by atoms with van der Waals surface area (Å²) >= 11 is 0. The van der Waals surface area contributed by atoms with Crippen LogP contribution in [0.3, 0.4) is 0 Å². The zero-order chi connectivity index (χ0) is 12.5. The van der Waals surface area contributed by atoms with Gasteiger partial charge in [-0.15, -0.1) is 0 Å². The number of rotatable bonds is 8. The molecule has 17 heavy (non-hydrogen) atoms. The van der Waals surface area contributed by atoms with Crippen LogP contribution in [0.1, 0.15) is 20.3 Å². The minimum atomic E-state index is -1.31. The first kappa shape index (κ1) is 14.2. The fourth-order valence-corrected chi connectivity index (χ4v) is 3.64. The third-order valence-corrected chi connectivity index (χ3v) is 5.10. The highest BCUT2D eigenvalue weighted by Gasteiger charge is 2.11. The zero-order valence-corrected chi connectivity index (χ0v) is 11.8. The second kappa shape index (κ2) is 8.28. The SMILES string of the molecule is CCOCCCO[SiH](CC)c1ccc(O)cc1. The molecule has 1 N–H and O–H groups in total. The Balaban J connectivity index is 2.35. The van der Waals surface area contributed by atoms with Crippen molar-refractivity contribution in [1.82, 2.24) is 0 Å². The molecule has 0 heterocycles. The van der Waals surface area contributed by atoms with Crippen LogP contribution in [0, 0.1) is 0 Å². The van der Waals surface area contributed by atoms with Crippen molar-refractivity contribution < 1.29 is 14.3 Å². The van der Waals surface area contributed by atoms with Gasteiger partial charge in [-0.25, -0.2) is 0 Å². The van der Waals surface area contributed by atoms with Crippen molar-refractivity contribution in [2.45, 2.75) is 26.3 Å². The van der Waals surface area contributed by atoms with Crippen molar-refractivity contribution in [2.24, 2.45) is 0 Å². The standard InChI is InChI=1S/C13H22O3Si/c1-3-15-10-5-11-16-17(4-2)13-8-6-12(14)7-9-13/h6-9,14,17H,3-5,10-11H2,1-2H3. The van der Waals surface area contributed by atoms with Crippen molar-refractivity contribution in [1.29, 1.82) is 0 Å². The molecule has 3 nitrogen and oxygen atoms in total. The maximum absolute atomic E-state index is 9.24. The van der Waals surface area contributed by atoms with Gasteiger partial charge in [0.2, 0.25) is 9.04 Å². The third kappa shape index (κ3) is 5.34. The van der Waals surface area contributed by atoms with Crippen LogP contribution in [0.25, 0.3) is 0 Å². The molecule has 96 valence electrons. The Hall–Kier alpha value is -0.843. The van der Waals surface area contributed by atoms with Crippen LogP contribution in [-0.4, -0.2) is 34.0 Å². The molecule has 1 unspecified atom stereocenters. The van der Waals surface area contributed by atoms with Crippen LogP contribution in [0.2, 0.25) is 6.04 Å². The number of hydrogen-bond acceptors (Lipinski definition) is 3. The van der Waals surface area contributed by atoms with E-state index in [1.54, 1.807) is 12.1 Å². The number of benzene rings is 1. The first-order chi connectivity index (χ1) is 8.27. The van der Waals surface area contributed by atoms with Gasteiger partial charge >= 0.3 is 0 Å². The molecular formula is C13H22O3Si. The zero-order valence-electron chi connectivity index (χ0n) is 10.7. The predicted octanol–water partition coefficient (Wildman–Crippen LogP) is 1.79. The van der Waals surface area contributed by atoms with Crippen LogP contribution < -0.4 is 5.19 Å². The lowest BCUT2D eigenvalue weighted by Crippen LogP contribution is -2.33. The van der Waals surface area contributed by atoms with Crippen molar-refractivity contribution >= 4 is 14.2 Å². The van der Waals surface area contributed by atoms with E-state index in [1.165, 1.54) is 5.19 Å². The molecule has 0 saturated heterocycles. The molecule has 0 aliphatic rings. The monoisotopic (exact) mass is 254 g/mol. The van der Waals surface area contributed by atoms with Crippen molar-refractivity contribution in [2.75, 3.05) is 19.8 Å². The van der Waals surface area contributed by atoms with E-state index >= 15 is 0 Å². The van der Waals surface area contributed by atoms with E-state index in [1.807, 2.05) is 19.1 Å². The largest absolute Gasteiger partial charge is 0.508 e. The molecule has 1 atom stereocenters. The summed E-state index contributed by atoms with van der Waals surface area (Å²) in [6.07, 6.45) is 0.954. The summed E-state index contributed by atoms with van der Waals surface area (Å²) in [4.78, 5) is 0. The summed E-state index contributed by atoms with van der Waals surface area (Å²) in [5, 5.41) is 10.5. The Labute approximate surface area is 105 Å². The molecule has 0 aliphatic heterocycles. The van der Waals surface area contributed by atoms with Gasteiger partial charge in [0.1, 0.15) is 5.75 Å². The summed E-state index contributed by atoms with van der Waals surface area (Å²) in [5.74, 6) is 0.314. The van der Waals surface area contributed by atoms with Crippen LogP contribution in [0.15, 0.2) is 24.3 Å². The Morgan fingerprint density at radius 3 is 2.41 bits per heavy atom. The highest BCUT2D eigenvalue weighted by atomic mass is 28.3. The average molecular weight is 254 g/mol. The lowest BCUT2D eigenvalue weighted by molar-refractivity contribution is 0.131. The fraction of sp³-hybridized carbons (Fsp3) is 0.538. The minimum Gasteiger partial charge on any atom is -0.508 e. The first-order valence-corrected chi connectivity index (χ1v) is 8.12. The molecule has 0 radical (unpaired) electrons. The molecule has 1 aromatic rings. The molecule has 0 bridgehead atoms. The predicted molar refractivity (Wildman–Crippen MR) is 72.4 cm³/mol. The number of hydrogen-bond donors (Lipinski definition) is 1. The van der Waals surface area contributed by atoms with Gasteiger partial charge in [-0.2, -0.15) is 0 Å². The Bertz CT molecular complexity index is 300. The summed E-state index contributed by atoms with van der Waals surface area (Å²) in [6.45, 7) is 6.47. The molecule has 0 spiro atoms. The van der Waals surface area contributed by atoms with Gasteiger partial charge in [-0.1, -0.05) is 19.1 Å². The summed E-state index contributed by atoms with van der Waals surface area (Å²) in [5.41, 5.74) is 0. The second-order valence-electron chi connectivity index (χ2n) is 3.91. The highest BCUT2D eigenvalue weighted by Crippen LogP contribution is 2.06. The molecule has 0 fully saturated rings. The Kier molecular flexibility index (Phi) is 6.92. The van der Waals surface area contributed by atoms with E-state index in [9.17, 15) is 5.11 Å². The van der Waals surface area contributed by atoms with Gasteiger partial charge in [0.25, 0.3) is 0 Å². The first-order valence-electron chi connectivity index (χ1n) is 6.26. The summed E-state index contributed by atoms with van der Waals surface area (Å²) in [6, 6.07) is 8.47. The molecule has 4 heteroatoms. The van der Waals surface area contributed by atoms with Crippen molar-refractivity contribution in [3.8, 4) is 5.75 Å². The molecule has 0 aliphatic carbocycles.